The van der Waals surface area contributed by atoms with Gasteiger partial charge in [0.2, 0.25) is 0 Å². The molecule has 1 aliphatic carbocycles. The normalized spacial score (nSPS) is 32.1. The van der Waals surface area contributed by atoms with E-state index >= 15 is 0 Å². The van der Waals surface area contributed by atoms with Gasteiger partial charge in [-0.15, -0.1) is 0 Å². The molecule has 1 saturated carbocycles. The van der Waals surface area contributed by atoms with E-state index in [1.165, 1.54) is 23.6 Å². The quantitative estimate of drug-likeness (QED) is 0.641. The highest BCUT2D eigenvalue weighted by atomic mass is 19.1. The Labute approximate surface area is 143 Å². The first kappa shape index (κ1) is 18.2. The Bertz CT molecular complexity index is 667. The zero-order valence-corrected chi connectivity index (χ0v) is 14.5. The summed E-state index contributed by atoms with van der Waals surface area (Å²) in [5.74, 6) is -0.294. The van der Waals surface area contributed by atoms with Crippen molar-refractivity contribution in [3.63, 3.8) is 0 Å². The molecular formula is C18H26FN5. The molecule has 1 aliphatic heterocycles. The number of hydrazine groups is 1. The van der Waals surface area contributed by atoms with Crippen LogP contribution in [0.5, 0.6) is 0 Å². The van der Waals surface area contributed by atoms with Crippen molar-refractivity contribution in [3.8, 4) is 0 Å². The van der Waals surface area contributed by atoms with Crippen LogP contribution in [0.1, 0.15) is 40.0 Å². The topological polar surface area (TPSA) is 74.5 Å². The van der Waals surface area contributed by atoms with Crippen LogP contribution in [0, 0.1) is 0 Å². The van der Waals surface area contributed by atoms with Gasteiger partial charge in [0.1, 0.15) is 6.34 Å². The van der Waals surface area contributed by atoms with Crippen LogP contribution in [0.15, 0.2) is 63.4 Å². The number of hydrogen-bond donors (Lipinski definition) is 4. The third kappa shape index (κ3) is 4.66. The van der Waals surface area contributed by atoms with Crippen LogP contribution in [0.25, 0.3) is 0 Å². The molecule has 130 valence electrons. The van der Waals surface area contributed by atoms with Crippen LogP contribution >= 0.6 is 0 Å². The van der Waals surface area contributed by atoms with E-state index in [1.54, 1.807) is 6.92 Å². The molecule has 24 heavy (non-hydrogen) atoms. The van der Waals surface area contributed by atoms with Crippen LogP contribution in [-0.2, 0) is 0 Å². The average molecular weight is 331 g/mol. The lowest BCUT2D eigenvalue weighted by molar-refractivity contribution is 0.560. The van der Waals surface area contributed by atoms with E-state index in [-0.39, 0.29) is 5.82 Å². The van der Waals surface area contributed by atoms with Crippen molar-refractivity contribution in [1.82, 2.24) is 16.2 Å². The third-order valence-electron chi connectivity index (χ3n) is 4.01. The first-order chi connectivity index (χ1) is 11.4. The number of allylic oxidation sites excluding steroid dienone is 7. The lowest BCUT2D eigenvalue weighted by Crippen LogP contribution is -2.46. The Hall–Kier alpha value is -2.18. The van der Waals surface area contributed by atoms with Gasteiger partial charge in [-0.25, -0.2) is 14.8 Å². The molecule has 0 aromatic rings. The van der Waals surface area contributed by atoms with Gasteiger partial charge in [-0.3, -0.25) is 0 Å². The Balaban J connectivity index is 2.33. The molecule has 2 aliphatic rings. The van der Waals surface area contributed by atoms with Gasteiger partial charge >= 0.3 is 0 Å². The minimum absolute atomic E-state index is 0.157. The van der Waals surface area contributed by atoms with Gasteiger partial charge in [0.05, 0.1) is 6.17 Å². The summed E-state index contributed by atoms with van der Waals surface area (Å²) in [5.41, 5.74) is 16.5. The summed E-state index contributed by atoms with van der Waals surface area (Å²) in [7, 11) is 0. The summed E-state index contributed by atoms with van der Waals surface area (Å²) in [6, 6.07) is 0. The molecule has 0 radical (unpaired) electrons. The van der Waals surface area contributed by atoms with E-state index in [0.717, 1.165) is 30.5 Å². The Kier molecular flexibility index (Phi) is 6.11. The highest BCUT2D eigenvalue weighted by Crippen LogP contribution is 2.33. The van der Waals surface area contributed by atoms with Crippen molar-refractivity contribution >= 4 is 6.34 Å². The number of nitrogens with two attached hydrogens (primary N) is 1. The lowest BCUT2D eigenvalue weighted by Gasteiger charge is -2.12. The van der Waals surface area contributed by atoms with Gasteiger partial charge in [0.15, 0.2) is 11.6 Å². The largest absolute Gasteiger partial charge is 0.341 e. The van der Waals surface area contributed by atoms with Crippen molar-refractivity contribution in [2.75, 3.05) is 0 Å². The molecule has 0 spiro atoms. The maximum atomic E-state index is 14.5. The first-order valence-corrected chi connectivity index (χ1v) is 8.09. The summed E-state index contributed by atoms with van der Waals surface area (Å²) in [5, 5.41) is 3.11. The molecule has 2 rings (SSSR count). The van der Waals surface area contributed by atoms with Crippen molar-refractivity contribution < 1.29 is 4.39 Å². The maximum absolute atomic E-state index is 14.5. The van der Waals surface area contributed by atoms with Crippen LogP contribution in [-0.4, -0.2) is 12.5 Å². The minimum atomic E-state index is -0.485. The Morgan fingerprint density at radius 2 is 2.21 bits per heavy atom. The molecule has 0 amide bonds. The first-order valence-electron chi connectivity index (χ1n) is 8.09. The molecule has 1 atom stereocenters. The van der Waals surface area contributed by atoms with E-state index in [1.807, 2.05) is 13.8 Å². The summed E-state index contributed by atoms with van der Waals surface area (Å²) in [4.78, 5) is 4.11. The SMILES string of the molecule is C=C(C)/C=C1/CCC/C1=C(/C)NC1=C(F)/C=C(\C)C(N)NN\C=N\1. The smallest absolute Gasteiger partial charge is 0.168 e. The summed E-state index contributed by atoms with van der Waals surface area (Å²) in [6.45, 7) is 9.63. The zero-order chi connectivity index (χ0) is 17.7. The minimum Gasteiger partial charge on any atom is -0.341 e. The second kappa shape index (κ2) is 8.08. The third-order valence-corrected chi connectivity index (χ3v) is 4.01. The van der Waals surface area contributed by atoms with Gasteiger partial charge in [0, 0.05) is 5.70 Å². The number of rotatable bonds is 3. The molecule has 1 fully saturated rings. The van der Waals surface area contributed by atoms with Gasteiger partial charge in [-0.1, -0.05) is 18.2 Å². The number of halogens is 1. The fraction of sp³-hybridized carbons (Fsp3) is 0.389. The zero-order valence-electron chi connectivity index (χ0n) is 14.5. The highest BCUT2D eigenvalue weighted by Gasteiger charge is 2.17. The van der Waals surface area contributed by atoms with Crippen LogP contribution in [0.2, 0.25) is 0 Å². The molecule has 5 nitrogen and oxygen atoms in total. The molecule has 1 heterocycles. The molecule has 0 aromatic carbocycles. The van der Waals surface area contributed by atoms with Crippen molar-refractivity contribution in [1.29, 1.82) is 0 Å². The van der Waals surface area contributed by atoms with E-state index < -0.39 is 12.0 Å². The van der Waals surface area contributed by atoms with Gasteiger partial charge < -0.3 is 16.5 Å². The van der Waals surface area contributed by atoms with E-state index in [2.05, 4.69) is 33.8 Å². The predicted octanol–water partition coefficient (Wildman–Crippen LogP) is 3.04. The fourth-order valence-electron chi connectivity index (χ4n) is 2.75. The second-order valence-electron chi connectivity index (χ2n) is 6.21. The summed E-state index contributed by atoms with van der Waals surface area (Å²) >= 11 is 0. The van der Waals surface area contributed by atoms with Gasteiger partial charge in [-0.2, -0.15) is 0 Å². The summed E-state index contributed by atoms with van der Waals surface area (Å²) < 4.78 is 14.5. The molecule has 1 unspecified atom stereocenters. The van der Waals surface area contributed by atoms with Gasteiger partial charge in [-0.05, 0) is 62.8 Å². The molecule has 6 heteroatoms. The maximum Gasteiger partial charge on any atom is 0.168 e. The van der Waals surface area contributed by atoms with E-state index in [0.29, 0.717) is 5.57 Å². The standard InChI is InChI=1S/C18H26FN5/c1-11(2)8-14-6-5-7-15(14)13(4)23-18-16(19)9-12(3)17(20)24-22-10-21-18/h8-10,17,23-24H,1,5-7,20H2,2-4H3,(H,21,22)/b12-9+,14-8-,15-13+,18-16-. The van der Waals surface area contributed by atoms with E-state index in [4.69, 9.17) is 5.73 Å². The molecule has 0 saturated heterocycles. The molecule has 5 N–H and O–H groups in total. The number of hydrogen-bond acceptors (Lipinski definition) is 5. The number of nitrogens with one attached hydrogen (secondary N) is 3. The summed E-state index contributed by atoms with van der Waals surface area (Å²) in [6.07, 6.45) is 7.46. The molecule has 0 aromatic heterocycles. The van der Waals surface area contributed by atoms with Crippen LogP contribution in [0.4, 0.5) is 4.39 Å². The van der Waals surface area contributed by atoms with Crippen molar-refractivity contribution in [2.24, 2.45) is 10.7 Å². The Morgan fingerprint density at radius 3 is 2.92 bits per heavy atom. The monoisotopic (exact) mass is 331 g/mol. The lowest BCUT2D eigenvalue weighted by atomic mass is 10.1. The van der Waals surface area contributed by atoms with Crippen molar-refractivity contribution in [2.45, 2.75) is 46.2 Å². The number of aliphatic imine (C=N–C) groups is 1. The van der Waals surface area contributed by atoms with E-state index in [9.17, 15) is 4.39 Å². The van der Waals surface area contributed by atoms with Crippen LogP contribution in [0.3, 0.4) is 0 Å². The second-order valence-corrected chi connectivity index (χ2v) is 6.21. The fourth-order valence-corrected chi connectivity index (χ4v) is 2.75. The number of nitrogens with zero attached hydrogens (tertiary/aromatic N) is 1. The molecule has 0 bridgehead atoms. The Morgan fingerprint density at radius 1 is 1.46 bits per heavy atom. The highest BCUT2D eigenvalue weighted by molar-refractivity contribution is 5.56. The molecular weight excluding hydrogens is 305 g/mol. The van der Waals surface area contributed by atoms with Gasteiger partial charge in [0.25, 0.3) is 0 Å². The average Bonchev–Trinajstić information content (AvgIpc) is 2.97. The van der Waals surface area contributed by atoms with Crippen molar-refractivity contribution in [3.05, 3.63) is 58.4 Å². The predicted molar refractivity (Wildman–Crippen MR) is 97.2 cm³/mol. The van der Waals surface area contributed by atoms with Crippen LogP contribution < -0.4 is 21.9 Å².